The minimum Gasteiger partial charge on any atom is -0.497 e. The van der Waals surface area contributed by atoms with Crippen LogP contribution in [0.5, 0.6) is 11.5 Å². The zero-order valence-electron chi connectivity index (χ0n) is 12.8. The molecule has 0 saturated carbocycles. The summed E-state index contributed by atoms with van der Waals surface area (Å²) in [6.45, 7) is 6.07. The predicted molar refractivity (Wildman–Crippen MR) is 79.5 cm³/mol. The number of rotatable bonds is 4. The van der Waals surface area contributed by atoms with Crippen molar-refractivity contribution in [2.75, 3.05) is 27.4 Å². The molecule has 112 valence electrons. The lowest BCUT2D eigenvalue weighted by atomic mass is 10.0. The topological polar surface area (TPSA) is 39.7 Å². The van der Waals surface area contributed by atoms with Gasteiger partial charge in [0.15, 0.2) is 0 Å². The van der Waals surface area contributed by atoms with Gasteiger partial charge < -0.3 is 19.5 Å². The molecule has 0 aliphatic carbocycles. The predicted octanol–water partition coefficient (Wildman–Crippen LogP) is 2.78. The van der Waals surface area contributed by atoms with Crippen LogP contribution in [-0.4, -0.2) is 33.4 Å². The Morgan fingerprint density at radius 2 is 2.05 bits per heavy atom. The molecule has 0 spiro atoms. The van der Waals surface area contributed by atoms with Gasteiger partial charge in [0.25, 0.3) is 0 Å². The maximum absolute atomic E-state index is 6.00. The van der Waals surface area contributed by atoms with E-state index in [0.717, 1.165) is 36.6 Å². The third-order valence-corrected chi connectivity index (χ3v) is 3.91. The Morgan fingerprint density at radius 3 is 2.70 bits per heavy atom. The lowest BCUT2D eigenvalue weighted by Crippen LogP contribution is -2.34. The fourth-order valence-corrected chi connectivity index (χ4v) is 2.61. The van der Waals surface area contributed by atoms with Gasteiger partial charge in [-0.2, -0.15) is 0 Å². The molecule has 0 bridgehead atoms. The van der Waals surface area contributed by atoms with Crippen molar-refractivity contribution < 1.29 is 14.2 Å². The summed E-state index contributed by atoms with van der Waals surface area (Å²) in [6.07, 6.45) is 1.08. The van der Waals surface area contributed by atoms with Gasteiger partial charge >= 0.3 is 0 Å². The van der Waals surface area contributed by atoms with Gasteiger partial charge in [0.05, 0.1) is 20.3 Å². The normalized spacial score (nSPS) is 23.4. The fraction of sp³-hybridized carbons (Fsp3) is 0.625. The summed E-state index contributed by atoms with van der Waals surface area (Å²) < 4.78 is 16.7. The maximum atomic E-state index is 6.00. The molecule has 1 N–H and O–H groups in total. The standard InChI is InChI=1S/C16H25NO3/c1-11(2)14-7-8-20-16(10-17-14)13-6-5-12(18-3)9-15(13)19-4/h5-6,9,11,14,16-17H,7-8,10H2,1-4H3. The van der Waals surface area contributed by atoms with Crippen molar-refractivity contribution in [2.24, 2.45) is 5.92 Å². The third-order valence-electron chi connectivity index (χ3n) is 3.91. The smallest absolute Gasteiger partial charge is 0.128 e. The Balaban J connectivity index is 2.15. The number of nitrogens with one attached hydrogen (secondary N) is 1. The van der Waals surface area contributed by atoms with Gasteiger partial charge in [-0.05, 0) is 24.5 Å². The van der Waals surface area contributed by atoms with Crippen molar-refractivity contribution in [3.8, 4) is 11.5 Å². The first-order valence-corrected chi connectivity index (χ1v) is 7.22. The molecule has 0 aromatic heterocycles. The van der Waals surface area contributed by atoms with Crippen LogP contribution in [0.25, 0.3) is 0 Å². The highest BCUT2D eigenvalue weighted by Gasteiger charge is 2.24. The monoisotopic (exact) mass is 279 g/mol. The SMILES string of the molecule is COc1ccc(C2CNC(C(C)C)CCO2)c(OC)c1. The fourth-order valence-electron chi connectivity index (χ4n) is 2.61. The molecule has 2 atom stereocenters. The van der Waals surface area contributed by atoms with Crippen LogP contribution in [0, 0.1) is 5.92 Å². The molecule has 4 nitrogen and oxygen atoms in total. The Morgan fingerprint density at radius 1 is 1.25 bits per heavy atom. The van der Waals surface area contributed by atoms with E-state index in [4.69, 9.17) is 14.2 Å². The average molecular weight is 279 g/mol. The van der Waals surface area contributed by atoms with Crippen LogP contribution in [0.3, 0.4) is 0 Å². The van der Waals surface area contributed by atoms with Crippen LogP contribution in [0.4, 0.5) is 0 Å². The molecule has 1 heterocycles. The Kier molecular flexibility index (Phi) is 5.26. The number of ether oxygens (including phenoxy) is 3. The van der Waals surface area contributed by atoms with Gasteiger partial charge in [-0.25, -0.2) is 0 Å². The van der Waals surface area contributed by atoms with Crippen molar-refractivity contribution in [1.29, 1.82) is 0 Å². The molecule has 0 radical (unpaired) electrons. The molecule has 1 aliphatic rings. The lowest BCUT2D eigenvalue weighted by Gasteiger charge is -2.21. The molecule has 1 aliphatic heterocycles. The molecule has 4 heteroatoms. The second-order valence-electron chi connectivity index (χ2n) is 5.51. The van der Waals surface area contributed by atoms with Crippen molar-refractivity contribution in [3.05, 3.63) is 23.8 Å². The van der Waals surface area contributed by atoms with Crippen molar-refractivity contribution in [3.63, 3.8) is 0 Å². The summed E-state index contributed by atoms with van der Waals surface area (Å²) in [4.78, 5) is 0. The number of methoxy groups -OCH3 is 2. The van der Waals surface area contributed by atoms with E-state index < -0.39 is 0 Å². The highest BCUT2D eigenvalue weighted by Crippen LogP contribution is 2.32. The number of benzene rings is 1. The zero-order valence-corrected chi connectivity index (χ0v) is 12.8. The van der Waals surface area contributed by atoms with Crippen LogP contribution in [0.2, 0.25) is 0 Å². The van der Waals surface area contributed by atoms with E-state index in [1.807, 2.05) is 18.2 Å². The summed E-state index contributed by atoms with van der Waals surface area (Å²) >= 11 is 0. The molecule has 20 heavy (non-hydrogen) atoms. The summed E-state index contributed by atoms with van der Waals surface area (Å²) in [7, 11) is 3.34. The first-order valence-electron chi connectivity index (χ1n) is 7.22. The van der Waals surface area contributed by atoms with E-state index in [1.165, 1.54) is 0 Å². The summed E-state index contributed by atoms with van der Waals surface area (Å²) in [5, 5.41) is 3.60. The van der Waals surface area contributed by atoms with Gasteiger partial charge in [-0.15, -0.1) is 0 Å². The van der Waals surface area contributed by atoms with Crippen molar-refractivity contribution >= 4 is 0 Å². The molecule has 1 aromatic rings. The second-order valence-corrected chi connectivity index (χ2v) is 5.51. The quantitative estimate of drug-likeness (QED) is 0.920. The first kappa shape index (κ1) is 15.1. The van der Waals surface area contributed by atoms with Gasteiger partial charge in [0.1, 0.15) is 11.5 Å². The van der Waals surface area contributed by atoms with Crippen LogP contribution >= 0.6 is 0 Å². The largest absolute Gasteiger partial charge is 0.497 e. The Bertz CT molecular complexity index is 434. The zero-order chi connectivity index (χ0) is 14.5. The van der Waals surface area contributed by atoms with E-state index in [2.05, 4.69) is 19.2 Å². The second kappa shape index (κ2) is 6.95. The molecular weight excluding hydrogens is 254 g/mol. The van der Waals surface area contributed by atoms with E-state index in [-0.39, 0.29) is 6.10 Å². The van der Waals surface area contributed by atoms with Crippen LogP contribution in [0.1, 0.15) is 31.9 Å². The number of hydrogen-bond acceptors (Lipinski definition) is 4. The average Bonchev–Trinajstić information content (AvgIpc) is 2.72. The molecule has 2 unspecified atom stereocenters. The number of hydrogen-bond donors (Lipinski definition) is 1. The molecule has 1 fully saturated rings. The summed E-state index contributed by atoms with van der Waals surface area (Å²) in [6, 6.07) is 6.40. The highest BCUT2D eigenvalue weighted by molar-refractivity contribution is 5.42. The molecule has 1 saturated heterocycles. The molecular formula is C16H25NO3. The lowest BCUT2D eigenvalue weighted by molar-refractivity contribution is 0.0642. The van der Waals surface area contributed by atoms with Crippen molar-refractivity contribution in [2.45, 2.75) is 32.4 Å². The highest BCUT2D eigenvalue weighted by atomic mass is 16.5. The first-order chi connectivity index (χ1) is 9.65. The minimum atomic E-state index is 0.0274. The summed E-state index contributed by atoms with van der Waals surface area (Å²) in [5.74, 6) is 2.24. The van der Waals surface area contributed by atoms with Gasteiger partial charge in [-0.1, -0.05) is 13.8 Å². The van der Waals surface area contributed by atoms with Gasteiger partial charge in [0, 0.05) is 30.8 Å². The summed E-state index contributed by atoms with van der Waals surface area (Å²) in [5.41, 5.74) is 1.07. The Hall–Kier alpha value is -1.26. The third kappa shape index (κ3) is 3.44. The van der Waals surface area contributed by atoms with E-state index in [0.29, 0.717) is 12.0 Å². The van der Waals surface area contributed by atoms with Crippen LogP contribution < -0.4 is 14.8 Å². The van der Waals surface area contributed by atoms with Gasteiger partial charge in [-0.3, -0.25) is 0 Å². The molecule has 0 amide bonds. The molecule has 1 aromatic carbocycles. The van der Waals surface area contributed by atoms with Crippen LogP contribution in [-0.2, 0) is 4.74 Å². The Labute approximate surface area is 121 Å². The van der Waals surface area contributed by atoms with E-state index in [9.17, 15) is 0 Å². The minimum absolute atomic E-state index is 0.0274. The van der Waals surface area contributed by atoms with Crippen molar-refractivity contribution in [1.82, 2.24) is 5.32 Å². The van der Waals surface area contributed by atoms with E-state index >= 15 is 0 Å². The molecule has 2 rings (SSSR count). The van der Waals surface area contributed by atoms with Gasteiger partial charge in [0.2, 0.25) is 0 Å². The van der Waals surface area contributed by atoms with E-state index in [1.54, 1.807) is 14.2 Å². The van der Waals surface area contributed by atoms with Crippen LogP contribution in [0.15, 0.2) is 18.2 Å². The maximum Gasteiger partial charge on any atom is 0.128 e.